The summed E-state index contributed by atoms with van der Waals surface area (Å²) >= 11 is 8.91. The van der Waals surface area contributed by atoms with Crippen LogP contribution in [-0.2, 0) is 0 Å². The van der Waals surface area contributed by atoms with Crippen molar-refractivity contribution in [1.82, 2.24) is 0 Å². The third kappa shape index (κ3) is 3.43. The molecule has 1 aromatic rings. The van der Waals surface area contributed by atoms with Crippen LogP contribution in [0.1, 0.15) is 31.2 Å². The molecule has 110 valence electrons. The molecule has 0 spiro atoms. The predicted molar refractivity (Wildman–Crippen MR) is 97.3 cm³/mol. The molecule has 0 radical (unpaired) electrons. The number of thiocarbonyl (C=S) groups is 1. The molecule has 2 rings (SSSR count). The van der Waals surface area contributed by atoms with E-state index in [1.807, 2.05) is 11.8 Å². The largest absolute Gasteiger partial charge is 0.389 e. The maximum absolute atomic E-state index is 5.91. The maximum atomic E-state index is 5.91. The number of nitrogens with one attached hydrogen (secondary N) is 1. The normalized spacial score (nSPS) is 17.1. The Morgan fingerprint density at radius 1 is 1.35 bits per heavy atom. The number of hydrogen-bond acceptors (Lipinski definition) is 4. The molecule has 0 saturated heterocycles. The van der Waals surface area contributed by atoms with Crippen molar-refractivity contribution in [1.29, 1.82) is 0 Å². The van der Waals surface area contributed by atoms with Gasteiger partial charge in [0.2, 0.25) is 0 Å². The van der Waals surface area contributed by atoms with Gasteiger partial charge in [0.25, 0.3) is 0 Å². The van der Waals surface area contributed by atoms with Gasteiger partial charge < -0.3 is 11.1 Å². The van der Waals surface area contributed by atoms with E-state index >= 15 is 0 Å². The summed E-state index contributed by atoms with van der Waals surface area (Å²) in [6.07, 6.45) is 9.56. The van der Waals surface area contributed by atoms with E-state index in [0.717, 1.165) is 22.7 Å². The molecular formula is C15H22N2S3. The van der Waals surface area contributed by atoms with Crippen molar-refractivity contribution in [3.05, 3.63) is 23.8 Å². The summed E-state index contributed by atoms with van der Waals surface area (Å²) in [6, 6.07) is 6.22. The summed E-state index contributed by atoms with van der Waals surface area (Å²) in [5.74, 6) is 0. The Labute approximate surface area is 135 Å². The molecule has 1 fully saturated rings. The zero-order chi connectivity index (χ0) is 14.6. The first-order valence-electron chi connectivity index (χ1n) is 6.88. The first-order chi connectivity index (χ1) is 9.62. The van der Waals surface area contributed by atoms with Gasteiger partial charge in [-0.05, 0) is 37.5 Å². The summed E-state index contributed by atoms with van der Waals surface area (Å²) in [4.78, 5) is 1.62. The first kappa shape index (κ1) is 16.0. The molecule has 0 unspecified atom stereocenters. The fourth-order valence-electron chi connectivity index (χ4n) is 2.83. The van der Waals surface area contributed by atoms with Gasteiger partial charge in [-0.1, -0.05) is 31.1 Å². The maximum Gasteiger partial charge on any atom is 0.107 e. The van der Waals surface area contributed by atoms with Crippen molar-refractivity contribution in [2.75, 3.05) is 24.4 Å². The van der Waals surface area contributed by atoms with Crippen molar-refractivity contribution >= 4 is 46.4 Å². The lowest BCUT2D eigenvalue weighted by molar-refractivity contribution is 0.640. The van der Waals surface area contributed by atoms with Gasteiger partial charge in [-0.25, -0.2) is 0 Å². The van der Waals surface area contributed by atoms with Crippen molar-refractivity contribution < 1.29 is 0 Å². The fraction of sp³-hybridized carbons (Fsp3) is 0.533. The topological polar surface area (TPSA) is 38.0 Å². The summed E-state index contributed by atoms with van der Waals surface area (Å²) < 4.78 is 0.378. The van der Waals surface area contributed by atoms with Crippen molar-refractivity contribution in [2.45, 2.75) is 35.3 Å². The molecule has 0 bridgehead atoms. The van der Waals surface area contributed by atoms with Crippen LogP contribution >= 0.6 is 35.7 Å². The van der Waals surface area contributed by atoms with Crippen LogP contribution in [0, 0.1) is 0 Å². The Bertz CT molecular complexity index is 482. The predicted octanol–water partition coefficient (Wildman–Crippen LogP) is 4.13. The average molecular weight is 327 g/mol. The fourth-order valence-corrected chi connectivity index (χ4v) is 4.67. The standard InChI is InChI=1S/C15H22N2S3/c1-19-12-7-5-6-11(13(12)14(16)18)17-10-15(20-2)8-3-4-9-15/h5-7,17H,3-4,8-10H2,1-2H3,(H2,16,18). The van der Waals surface area contributed by atoms with E-state index in [1.165, 1.54) is 25.7 Å². The Kier molecular flexibility index (Phi) is 5.64. The molecule has 20 heavy (non-hydrogen) atoms. The van der Waals surface area contributed by atoms with Gasteiger partial charge in [0.05, 0.1) is 0 Å². The van der Waals surface area contributed by atoms with Gasteiger partial charge in [-0.2, -0.15) is 11.8 Å². The van der Waals surface area contributed by atoms with Gasteiger partial charge in [0.1, 0.15) is 4.99 Å². The Hall–Kier alpha value is -0.390. The molecule has 0 aromatic heterocycles. The zero-order valence-electron chi connectivity index (χ0n) is 12.1. The minimum atomic E-state index is 0.378. The molecule has 3 N–H and O–H groups in total. The number of rotatable bonds is 6. The summed E-state index contributed by atoms with van der Waals surface area (Å²) in [7, 11) is 0. The van der Waals surface area contributed by atoms with Crippen molar-refractivity contribution in [2.24, 2.45) is 5.73 Å². The second-order valence-corrected chi connectivity index (χ2v) is 7.76. The van der Waals surface area contributed by atoms with Gasteiger partial charge in [0, 0.05) is 27.4 Å². The quantitative estimate of drug-likeness (QED) is 0.607. The zero-order valence-corrected chi connectivity index (χ0v) is 14.5. The second kappa shape index (κ2) is 7.05. The number of thioether (sulfide) groups is 2. The third-order valence-corrected chi connectivity index (χ3v) is 6.44. The monoisotopic (exact) mass is 326 g/mol. The smallest absolute Gasteiger partial charge is 0.107 e. The molecule has 0 amide bonds. The highest BCUT2D eigenvalue weighted by molar-refractivity contribution is 8.00. The van der Waals surface area contributed by atoms with E-state index in [0.29, 0.717) is 9.74 Å². The SMILES string of the molecule is CSc1cccc(NCC2(SC)CCCC2)c1C(N)=S. The van der Waals surface area contributed by atoms with E-state index in [9.17, 15) is 0 Å². The summed E-state index contributed by atoms with van der Waals surface area (Å²) in [5.41, 5.74) is 7.98. The third-order valence-electron chi connectivity index (χ3n) is 4.04. The second-order valence-electron chi connectivity index (χ2n) is 5.19. The van der Waals surface area contributed by atoms with Crippen molar-refractivity contribution in [3.8, 4) is 0 Å². The number of benzene rings is 1. The van der Waals surface area contributed by atoms with Crippen LogP contribution in [0.2, 0.25) is 0 Å². The number of anilines is 1. The van der Waals surface area contributed by atoms with E-state index < -0.39 is 0 Å². The molecule has 0 heterocycles. The minimum absolute atomic E-state index is 0.378. The molecular weight excluding hydrogens is 304 g/mol. The highest BCUT2D eigenvalue weighted by Gasteiger charge is 2.32. The van der Waals surface area contributed by atoms with E-state index in [1.54, 1.807) is 11.8 Å². The first-order valence-corrected chi connectivity index (χ1v) is 9.73. The van der Waals surface area contributed by atoms with Crippen LogP contribution < -0.4 is 11.1 Å². The molecule has 2 nitrogen and oxygen atoms in total. The van der Waals surface area contributed by atoms with Crippen LogP contribution in [-0.4, -0.2) is 28.8 Å². The number of hydrogen-bond donors (Lipinski definition) is 2. The average Bonchev–Trinajstić information content (AvgIpc) is 2.93. The number of nitrogens with two attached hydrogens (primary N) is 1. The lowest BCUT2D eigenvalue weighted by Gasteiger charge is -2.28. The molecule has 0 aliphatic heterocycles. The molecule has 1 saturated carbocycles. The summed E-state index contributed by atoms with van der Waals surface area (Å²) in [5, 5.41) is 3.60. The van der Waals surface area contributed by atoms with E-state index in [4.69, 9.17) is 18.0 Å². The van der Waals surface area contributed by atoms with Gasteiger partial charge in [-0.3, -0.25) is 0 Å². The highest BCUT2D eigenvalue weighted by Crippen LogP contribution is 2.40. The Balaban J connectivity index is 2.19. The van der Waals surface area contributed by atoms with Crippen LogP contribution in [0.15, 0.2) is 23.1 Å². The van der Waals surface area contributed by atoms with Crippen LogP contribution in [0.3, 0.4) is 0 Å². The lowest BCUT2D eigenvalue weighted by atomic mass is 10.1. The van der Waals surface area contributed by atoms with Crippen LogP contribution in [0.4, 0.5) is 5.69 Å². The van der Waals surface area contributed by atoms with Gasteiger partial charge in [0.15, 0.2) is 0 Å². The van der Waals surface area contributed by atoms with E-state index in [-0.39, 0.29) is 0 Å². The molecule has 0 atom stereocenters. The van der Waals surface area contributed by atoms with Crippen molar-refractivity contribution in [3.63, 3.8) is 0 Å². The molecule has 1 aliphatic carbocycles. The molecule has 5 heteroatoms. The Morgan fingerprint density at radius 3 is 2.60 bits per heavy atom. The van der Waals surface area contributed by atoms with Crippen LogP contribution in [0.25, 0.3) is 0 Å². The van der Waals surface area contributed by atoms with E-state index in [2.05, 4.69) is 36.0 Å². The van der Waals surface area contributed by atoms with Gasteiger partial charge >= 0.3 is 0 Å². The minimum Gasteiger partial charge on any atom is -0.389 e. The lowest BCUT2D eigenvalue weighted by Crippen LogP contribution is -2.30. The highest BCUT2D eigenvalue weighted by atomic mass is 32.2. The summed E-state index contributed by atoms with van der Waals surface area (Å²) in [6.45, 7) is 0.988. The molecule has 1 aliphatic rings. The molecule has 1 aromatic carbocycles. The van der Waals surface area contributed by atoms with Gasteiger partial charge in [-0.15, -0.1) is 11.8 Å². The van der Waals surface area contributed by atoms with Crippen LogP contribution in [0.5, 0.6) is 0 Å². The Morgan fingerprint density at radius 2 is 2.05 bits per heavy atom.